The molecule has 0 radical (unpaired) electrons. The van der Waals surface area contributed by atoms with E-state index in [1.807, 2.05) is 29.8 Å². The quantitative estimate of drug-likeness (QED) is 0.511. The van der Waals surface area contributed by atoms with Crippen molar-refractivity contribution < 1.29 is 17.9 Å². The normalized spacial score (nSPS) is 19.3. The first-order chi connectivity index (χ1) is 16.8. The van der Waals surface area contributed by atoms with Gasteiger partial charge < -0.3 is 19.5 Å². The van der Waals surface area contributed by atoms with E-state index >= 15 is 0 Å². The van der Waals surface area contributed by atoms with Crippen LogP contribution in [0.25, 0.3) is 22.4 Å². The molecule has 0 aromatic carbocycles. The molecule has 0 saturated carbocycles. The number of aromatic nitrogens is 4. The number of nitrogens with zero attached hydrogens (tertiary/aromatic N) is 6. The number of fused-ring (bicyclic) bond motifs is 1. The van der Waals surface area contributed by atoms with E-state index in [0.717, 1.165) is 23.1 Å². The number of hydrogen-bond donors (Lipinski definition) is 1. The summed E-state index contributed by atoms with van der Waals surface area (Å²) in [6.07, 6.45) is 6.08. The standard InChI is InChI=1S/C23H29N7O4S/c1-28-15-26-20-12-19(27-23(22(20)28)34-10-5-16-11-21(31)25-13-16)18-4-3-17(14-24-18)29-6-8-30(9-7-29)35(2,32)33/h3-4,12,14-16H,5-11,13H2,1-2H3,(H,25,31)/t16-/m1/s1. The van der Waals surface area contributed by atoms with Gasteiger partial charge in [-0.15, -0.1) is 0 Å². The van der Waals surface area contributed by atoms with Crippen molar-refractivity contribution >= 4 is 32.7 Å². The predicted molar refractivity (Wildman–Crippen MR) is 132 cm³/mol. The largest absolute Gasteiger partial charge is 0.476 e. The van der Waals surface area contributed by atoms with Gasteiger partial charge in [0.15, 0.2) is 0 Å². The Labute approximate surface area is 204 Å². The third-order valence-electron chi connectivity index (χ3n) is 6.57. The summed E-state index contributed by atoms with van der Waals surface area (Å²) in [4.78, 5) is 27.4. The molecule has 5 rings (SSSR count). The van der Waals surface area contributed by atoms with Crippen LogP contribution in [0.3, 0.4) is 0 Å². The minimum Gasteiger partial charge on any atom is -0.476 e. The highest BCUT2D eigenvalue weighted by molar-refractivity contribution is 7.88. The second-order valence-corrected chi connectivity index (χ2v) is 11.1. The molecule has 2 aliphatic heterocycles. The van der Waals surface area contributed by atoms with Gasteiger partial charge in [-0.05, 0) is 30.5 Å². The number of ether oxygens (including phenoxy) is 1. The number of nitrogens with one attached hydrogen (secondary N) is 1. The molecule has 3 aromatic heterocycles. The molecule has 0 unspecified atom stereocenters. The van der Waals surface area contributed by atoms with Gasteiger partial charge in [-0.2, -0.15) is 4.31 Å². The Hall–Kier alpha value is -3.25. The number of piperazine rings is 1. The first-order valence-corrected chi connectivity index (χ1v) is 13.5. The van der Waals surface area contributed by atoms with Crippen molar-refractivity contribution in [1.82, 2.24) is 29.1 Å². The molecule has 11 nitrogen and oxygen atoms in total. The van der Waals surface area contributed by atoms with Crippen molar-refractivity contribution in [3.8, 4) is 17.3 Å². The maximum atomic E-state index is 11.8. The number of amides is 1. The van der Waals surface area contributed by atoms with E-state index < -0.39 is 10.0 Å². The highest BCUT2D eigenvalue weighted by atomic mass is 32.2. The van der Waals surface area contributed by atoms with Gasteiger partial charge in [0.2, 0.25) is 21.8 Å². The van der Waals surface area contributed by atoms with Gasteiger partial charge in [0.25, 0.3) is 0 Å². The fourth-order valence-electron chi connectivity index (χ4n) is 4.56. The lowest BCUT2D eigenvalue weighted by molar-refractivity contribution is -0.119. The van der Waals surface area contributed by atoms with E-state index in [-0.39, 0.29) is 11.8 Å². The molecule has 0 spiro atoms. The number of pyridine rings is 2. The van der Waals surface area contributed by atoms with Crippen LogP contribution in [0, 0.1) is 5.92 Å². The average molecular weight is 500 g/mol. The van der Waals surface area contributed by atoms with Crippen LogP contribution < -0.4 is 15.0 Å². The van der Waals surface area contributed by atoms with Crippen molar-refractivity contribution in [3.05, 3.63) is 30.7 Å². The van der Waals surface area contributed by atoms with Gasteiger partial charge in [-0.3, -0.25) is 9.78 Å². The third kappa shape index (κ3) is 5.08. The number of rotatable bonds is 7. The lowest BCUT2D eigenvalue weighted by Gasteiger charge is -2.34. The molecule has 0 aliphatic carbocycles. The molecule has 1 N–H and O–H groups in total. The van der Waals surface area contributed by atoms with E-state index in [9.17, 15) is 13.2 Å². The van der Waals surface area contributed by atoms with Gasteiger partial charge in [0.05, 0.1) is 48.0 Å². The smallest absolute Gasteiger partial charge is 0.240 e. The Kier molecular flexibility index (Phi) is 6.32. The molecule has 2 fully saturated rings. The van der Waals surface area contributed by atoms with E-state index in [1.165, 1.54) is 10.6 Å². The summed E-state index contributed by atoms with van der Waals surface area (Å²) in [5, 5.41) is 2.86. The van der Waals surface area contributed by atoms with Crippen LogP contribution in [0.2, 0.25) is 0 Å². The Bertz CT molecular complexity index is 1330. The van der Waals surface area contributed by atoms with Crippen molar-refractivity contribution in [2.45, 2.75) is 12.8 Å². The molecular formula is C23H29N7O4S. The number of anilines is 1. The van der Waals surface area contributed by atoms with Crippen molar-refractivity contribution in [2.24, 2.45) is 13.0 Å². The Morgan fingerprint density at radius 2 is 1.94 bits per heavy atom. The first-order valence-electron chi connectivity index (χ1n) is 11.7. The topological polar surface area (TPSA) is 123 Å². The average Bonchev–Trinajstić information content (AvgIpc) is 3.44. The van der Waals surface area contributed by atoms with E-state index in [2.05, 4.69) is 20.2 Å². The molecule has 0 bridgehead atoms. The summed E-state index contributed by atoms with van der Waals surface area (Å²) in [7, 11) is -1.26. The van der Waals surface area contributed by atoms with Crippen LogP contribution in [0.5, 0.6) is 5.88 Å². The van der Waals surface area contributed by atoms with Crippen LogP contribution in [0.1, 0.15) is 12.8 Å². The molecule has 1 atom stereocenters. The Balaban J connectivity index is 1.31. The summed E-state index contributed by atoms with van der Waals surface area (Å²) >= 11 is 0. The first kappa shape index (κ1) is 23.5. The summed E-state index contributed by atoms with van der Waals surface area (Å²) in [5.41, 5.74) is 3.89. The van der Waals surface area contributed by atoms with Crippen LogP contribution in [-0.4, -0.2) is 83.7 Å². The lowest BCUT2D eigenvalue weighted by Crippen LogP contribution is -2.48. The lowest BCUT2D eigenvalue weighted by atomic mass is 10.1. The number of carbonyl (C=O) groups excluding carboxylic acids is 1. The van der Waals surface area contributed by atoms with Crippen LogP contribution in [0.4, 0.5) is 5.69 Å². The van der Waals surface area contributed by atoms with Gasteiger partial charge in [0, 0.05) is 46.2 Å². The number of carbonyl (C=O) groups is 1. The summed E-state index contributed by atoms with van der Waals surface area (Å²) < 4.78 is 33.0. The molecule has 35 heavy (non-hydrogen) atoms. The maximum absolute atomic E-state index is 11.8. The van der Waals surface area contributed by atoms with Gasteiger partial charge >= 0.3 is 0 Å². The van der Waals surface area contributed by atoms with Crippen LogP contribution >= 0.6 is 0 Å². The summed E-state index contributed by atoms with van der Waals surface area (Å²) in [6, 6.07) is 5.79. The molecule has 2 aliphatic rings. The van der Waals surface area contributed by atoms with Gasteiger partial charge in [-0.25, -0.2) is 18.4 Å². The zero-order valence-corrected chi connectivity index (χ0v) is 20.7. The second-order valence-electron chi connectivity index (χ2n) is 9.10. The van der Waals surface area contributed by atoms with E-state index in [0.29, 0.717) is 63.0 Å². The molecule has 2 saturated heterocycles. The monoisotopic (exact) mass is 499 g/mol. The SMILES string of the molecule is Cn1cnc2cc(-c3ccc(N4CCN(S(C)(=O)=O)CC4)cn3)nc(OCC[C@H]3CNC(=O)C3)c21. The maximum Gasteiger partial charge on any atom is 0.240 e. The third-order valence-corrected chi connectivity index (χ3v) is 7.88. The zero-order chi connectivity index (χ0) is 24.6. The fourth-order valence-corrected chi connectivity index (χ4v) is 5.39. The van der Waals surface area contributed by atoms with Crippen LogP contribution in [0.15, 0.2) is 30.7 Å². The number of sulfonamides is 1. The molecule has 12 heteroatoms. The van der Waals surface area contributed by atoms with Crippen molar-refractivity contribution in [2.75, 3.05) is 50.5 Å². The fraction of sp³-hybridized carbons (Fsp3) is 0.478. The number of imidazole rings is 1. The van der Waals surface area contributed by atoms with Gasteiger partial charge in [0.1, 0.15) is 5.52 Å². The summed E-state index contributed by atoms with van der Waals surface area (Å²) in [5.74, 6) is 0.870. The molecular weight excluding hydrogens is 470 g/mol. The summed E-state index contributed by atoms with van der Waals surface area (Å²) in [6.45, 7) is 3.31. The predicted octanol–water partition coefficient (Wildman–Crippen LogP) is 1.02. The highest BCUT2D eigenvalue weighted by Gasteiger charge is 2.24. The minimum atomic E-state index is -3.16. The highest BCUT2D eigenvalue weighted by Crippen LogP contribution is 2.29. The Morgan fingerprint density at radius 3 is 2.60 bits per heavy atom. The van der Waals surface area contributed by atoms with Crippen molar-refractivity contribution in [3.63, 3.8) is 0 Å². The molecule has 186 valence electrons. The number of hydrogen-bond acceptors (Lipinski definition) is 8. The molecule has 3 aromatic rings. The van der Waals surface area contributed by atoms with Crippen LogP contribution in [-0.2, 0) is 21.9 Å². The minimum absolute atomic E-state index is 0.0935. The van der Waals surface area contributed by atoms with Gasteiger partial charge in [-0.1, -0.05) is 0 Å². The zero-order valence-electron chi connectivity index (χ0n) is 19.8. The second kappa shape index (κ2) is 9.42. The van der Waals surface area contributed by atoms with E-state index in [1.54, 1.807) is 12.5 Å². The Morgan fingerprint density at radius 1 is 1.14 bits per heavy atom. The molecule has 5 heterocycles. The molecule has 1 amide bonds. The van der Waals surface area contributed by atoms with Crippen molar-refractivity contribution in [1.29, 1.82) is 0 Å². The number of aryl methyl sites for hydroxylation is 1. The van der Waals surface area contributed by atoms with E-state index in [4.69, 9.17) is 9.72 Å².